The van der Waals surface area contributed by atoms with Gasteiger partial charge in [-0.05, 0) is 66.3 Å². The van der Waals surface area contributed by atoms with Gasteiger partial charge in [-0.2, -0.15) is 0 Å². The van der Waals surface area contributed by atoms with Crippen LogP contribution >= 0.6 is 0 Å². The van der Waals surface area contributed by atoms with Crippen LogP contribution in [0.5, 0.6) is 0 Å². The number of aromatic nitrogens is 8. The van der Waals surface area contributed by atoms with Gasteiger partial charge in [0.2, 0.25) is 0 Å². The van der Waals surface area contributed by atoms with Gasteiger partial charge < -0.3 is 0 Å². The van der Waals surface area contributed by atoms with Crippen molar-refractivity contribution in [3.8, 4) is 56.7 Å². The smallest absolute Gasteiger partial charge is 0.160 e. The minimum absolute atomic E-state index is 0.627. The van der Waals surface area contributed by atoms with Gasteiger partial charge in [-0.1, -0.05) is 170 Å². The highest BCUT2D eigenvalue weighted by atomic mass is 14.9. The summed E-state index contributed by atoms with van der Waals surface area (Å²) in [7, 11) is 0. The zero-order valence-electron chi connectivity index (χ0n) is 36.2. The molecule has 314 valence electrons. The first-order chi connectivity index (χ1) is 33.7. The van der Waals surface area contributed by atoms with E-state index in [1.807, 2.05) is 67.3 Å². The van der Waals surface area contributed by atoms with Crippen molar-refractivity contribution in [1.82, 2.24) is 39.9 Å². The van der Waals surface area contributed by atoms with E-state index in [0.717, 1.165) is 120 Å². The van der Waals surface area contributed by atoms with E-state index in [1.54, 1.807) is 0 Å². The van der Waals surface area contributed by atoms with Gasteiger partial charge in [-0.15, -0.1) is 0 Å². The van der Waals surface area contributed by atoms with Crippen molar-refractivity contribution in [2.45, 2.75) is 0 Å². The Hall–Kier alpha value is -9.40. The van der Waals surface area contributed by atoms with Gasteiger partial charge >= 0.3 is 0 Å². The van der Waals surface area contributed by atoms with E-state index in [-0.39, 0.29) is 0 Å². The van der Waals surface area contributed by atoms with Crippen molar-refractivity contribution in [3.63, 3.8) is 0 Å². The molecule has 0 unspecified atom stereocenters. The molecule has 0 aliphatic rings. The average Bonchev–Trinajstić information content (AvgIpc) is 3.42. The van der Waals surface area contributed by atoms with Crippen LogP contribution < -0.4 is 0 Å². The highest BCUT2D eigenvalue weighted by Gasteiger charge is 2.19. The molecule has 0 radical (unpaired) electrons. The molecule has 0 atom stereocenters. The molecule has 4 aromatic heterocycles. The van der Waals surface area contributed by atoms with Crippen LogP contribution in [0.2, 0.25) is 0 Å². The van der Waals surface area contributed by atoms with Crippen LogP contribution in [0.15, 0.2) is 207 Å². The standard InChI is InChI=1S/C60H34N8/c1-2-14-36(15-3-1)57-61-31-49-43-21-6-7-22-44(43)50-32-62-58(66-54(50)53(49)65-57)40-19-10-17-37(30-40)38-27-28-42-39(29-38)18-12-26-48(42)60-64-34-52-46-24-9-8-23-45(46)51-33-63-59(67-55(51)56(52)68-60)47-25-11-16-35-13-4-5-20-41(35)47/h1-34H. The fourth-order valence-electron chi connectivity index (χ4n) is 9.98. The molecule has 68 heavy (non-hydrogen) atoms. The van der Waals surface area contributed by atoms with Crippen LogP contribution in [0.3, 0.4) is 0 Å². The summed E-state index contributed by atoms with van der Waals surface area (Å²) in [6.07, 6.45) is 7.76. The molecule has 0 saturated heterocycles. The van der Waals surface area contributed by atoms with Gasteiger partial charge in [0.25, 0.3) is 0 Å². The Morgan fingerprint density at radius 3 is 1.18 bits per heavy atom. The van der Waals surface area contributed by atoms with E-state index >= 15 is 0 Å². The number of hydrogen-bond acceptors (Lipinski definition) is 8. The maximum atomic E-state index is 5.35. The fourth-order valence-corrected chi connectivity index (χ4v) is 9.98. The maximum Gasteiger partial charge on any atom is 0.160 e. The third-order valence-corrected chi connectivity index (χ3v) is 13.3. The van der Waals surface area contributed by atoms with Crippen LogP contribution in [0.1, 0.15) is 0 Å². The SMILES string of the molecule is c1ccc(-c2ncc3c4ccccc4c4cnc(-c5cccc(-c6ccc7c(-c8ncc9c%10ccccc%10c%10cnc(-c%11cccc%12ccccc%11%12)nc%10c9n8)cccc7c6)c5)nc4c3n2)cc1. The summed E-state index contributed by atoms with van der Waals surface area (Å²) in [5.74, 6) is 2.58. The molecule has 0 aliphatic heterocycles. The first kappa shape index (κ1) is 37.9. The van der Waals surface area contributed by atoms with Gasteiger partial charge in [0.1, 0.15) is 22.1 Å². The molecule has 0 aliphatic carbocycles. The molecule has 10 aromatic carbocycles. The summed E-state index contributed by atoms with van der Waals surface area (Å²) >= 11 is 0. The van der Waals surface area contributed by atoms with Gasteiger partial charge in [0, 0.05) is 68.6 Å². The average molecular weight is 867 g/mol. The van der Waals surface area contributed by atoms with Crippen LogP contribution in [0.4, 0.5) is 0 Å². The Morgan fingerprint density at radius 2 is 0.603 bits per heavy atom. The Kier molecular flexibility index (Phi) is 8.41. The molecule has 0 bridgehead atoms. The lowest BCUT2D eigenvalue weighted by Gasteiger charge is -2.13. The van der Waals surface area contributed by atoms with E-state index < -0.39 is 0 Å². The van der Waals surface area contributed by atoms with Crippen LogP contribution in [0.25, 0.3) is 143 Å². The number of fused-ring (bicyclic) bond motifs is 14. The van der Waals surface area contributed by atoms with Gasteiger partial charge in [-0.25, -0.2) is 39.9 Å². The Morgan fingerprint density at radius 1 is 0.221 bits per heavy atom. The molecular weight excluding hydrogens is 833 g/mol. The maximum absolute atomic E-state index is 5.35. The second kappa shape index (κ2) is 15.1. The second-order valence-corrected chi connectivity index (χ2v) is 17.1. The number of hydrogen-bond donors (Lipinski definition) is 0. The summed E-state index contributed by atoms with van der Waals surface area (Å²) in [4.78, 5) is 40.7. The minimum atomic E-state index is 0.627. The summed E-state index contributed by atoms with van der Waals surface area (Å²) in [6.45, 7) is 0. The molecule has 0 fully saturated rings. The molecule has 8 heteroatoms. The summed E-state index contributed by atoms with van der Waals surface area (Å²) < 4.78 is 0. The monoisotopic (exact) mass is 866 g/mol. The molecule has 0 saturated carbocycles. The van der Waals surface area contributed by atoms with Crippen LogP contribution in [0, 0.1) is 0 Å². The number of rotatable bonds is 5. The Balaban J connectivity index is 0.870. The summed E-state index contributed by atoms with van der Waals surface area (Å²) in [5.41, 5.74) is 9.09. The summed E-state index contributed by atoms with van der Waals surface area (Å²) in [5, 5.41) is 12.5. The predicted octanol–water partition coefficient (Wildman–Crippen LogP) is 14.4. The molecular formula is C60H34N8. The van der Waals surface area contributed by atoms with Crippen molar-refractivity contribution in [1.29, 1.82) is 0 Å². The molecule has 0 amide bonds. The third-order valence-electron chi connectivity index (χ3n) is 13.3. The first-order valence-electron chi connectivity index (χ1n) is 22.6. The Labute approximate surface area is 388 Å². The lowest BCUT2D eigenvalue weighted by Crippen LogP contribution is -1.97. The molecule has 14 rings (SSSR count). The molecule has 0 spiro atoms. The number of nitrogens with zero attached hydrogens (tertiary/aromatic N) is 8. The normalized spacial score (nSPS) is 11.8. The van der Waals surface area contributed by atoms with Gasteiger partial charge in [-0.3, -0.25) is 0 Å². The lowest BCUT2D eigenvalue weighted by atomic mass is 9.96. The first-order valence-corrected chi connectivity index (χ1v) is 22.6. The highest BCUT2D eigenvalue weighted by Crippen LogP contribution is 2.39. The quantitative estimate of drug-likeness (QED) is 0.158. The number of benzene rings is 10. The van der Waals surface area contributed by atoms with Crippen LogP contribution in [-0.2, 0) is 0 Å². The van der Waals surface area contributed by atoms with Crippen LogP contribution in [-0.4, -0.2) is 39.9 Å². The van der Waals surface area contributed by atoms with Gasteiger partial charge in [0.15, 0.2) is 23.3 Å². The predicted molar refractivity (Wildman–Crippen MR) is 276 cm³/mol. The van der Waals surface area contributed by atoms with Crippen molar-refractivity contribution in [3.05, 3.63) is 207 Å². The van der Waals surface area contributed by atoms with E-state index in [4.69, 9.17) is 39.9 Å². The molecule has 14 aromatic rings. The van der Waals surface area contributed by atoms with Crippen molar-refractivity contribution in [2.75, 3.05) is 0 Å². The van der Waals surface area contributed by atoms with E-state index in [1.165, 1.54) is 0 Å². The second-order valence-electron chi connectivity index (χ2n) is 17.1. The zero-order valence-corrected chi connectivity index (χ0v) is 36.2. The largest absolute Gasteiger partial charge is 0.236 e. The third kappa shape index (κ3) is 6.01. The summed E-state index contributed by atoms with van der Waals surface area (Å²) in [6, 6.07) is 62.7. The minimum Gasteiger partial charge on any atom is -0.236 e. The van der Waals surface area contributed by atoms with Crippen molar-refractivity contribution in [2.24, 2.45) is 0 Å². The molecule has 8 nitrogen and oxygen atoms in total. The molecule has 0 N–H and O–H groups in total. The van der Waals surface area contributed by atoms with E-state index in [0.29, 0.717) is 23.3 Å². The Bertz CT molecular complexity index is 4400. The van der Waals surface area contributed by atoms with Crippen molar-refractivity contribution < 1.29 is 0 Å². The fraction of sp³-hybridized carbons (Fsp3) is 0. The zero-order chi connectivity index (χ0) is 44.7. The topological polar surface area (TPSA) is 103 Å². The highest BCUT2D eigenvalue weighted by molar-refractivity contribution is 6.24. The van der Waals surface area contributed by atoms with E-state index in [2.05, 4.69) is 140 Å². The lowest BCUT2D eigenvalue weighted by molar-refractivity contribution is 1.21. The molecule has 4 heterocycles. The van der Waals surface area contributed by atoms with E-state index in [9.17, 15) is 0 Å². The van der Waals surface area contributed by atoms with Gasteiger partial charge in [0.05, 0.1) is 0 Å². The van der Waals surface area contributed by atoms with Crippen molar-refractivity contribution >= 4 is 86.7 Å².